The minimum Gasteiger partial charge on any atom is -1.00 e. The lowest BCUT2D eigenvalue weighted by molar-refractivity contribution is -0.383. The molecule has 9 heteroatoms. The first kappa shape index (κ1) is 24.7. The van der Waals surface area contributed by atoms with E-state index in [-0.39, 0.29) is 50.9 Å². The van der Waals surface area contributed by atoms with Gasteiger partial charge in [0.25, 0.3) is 19.0 Å². The third kappa shape index (κ3) is 18.7. The summed E-state index contributed by atoms with van der Waals surface area (Å²) in [6.07, 6.45) is 15.5. The third-order valence-electron chi connectivity index (χ3n) is 1.54. The molecule has 0 aromatic carbocycles. The van der Waals surface area contributed by atoms with Crippen LogP contribution in [0.5, 0.6) is 0 Å². The summed E-state index contributed by atoms with van der Waals surface area (Å²) in [5.74, 6) is 0. The Bertz CT molecular complexity index is 320. The number of hydrogen-bond donors (Lipinski definition) is 0. The Morgan fingerprint density at radius 1 is 0.476 bits per heavy atom. The molecule has 0 amide bonds. The Hall–Kier alpha value is -1.32. The topological polar surface area (TPSA) is 81.1 Å². The number of rotatable bonds is 0. The fourth-order valence-corrected chi connectivity index (χ4v) is 0.832. The van der Waals surface area contributed by atoms with E-state index in [0.717, 1.165) is 0 Å². The number of hydrogen-bond acceptors (Lipinski definition) is 3. The zero-order chi connectivity index (χ0) is 12.7. The van der Waals surface area contributed by atoms with Gasteiger partial charge in [0.1, 0.15) is 18.6 Å². The maximum atomic E-state index is 3.73. The van der Waals surface area contributed by atoms with E-state index in [2.05, 4.69) is 29.9 Å². The van der Waals surface area contributed by atoms with E-state index in [9.17, 15) is 0 Å². The van der Waals surface area contributed by atoms with E-state index >= 15 is 0 Å². The summed E-state index contributed by atoms with van der Waals surface area (Å²) >= 11 is 0. The summed E-state index contributed by atoms with van der Waals surface area (Å²) < 4.78 is 0. The van der Waals surface area contributed by atoms with E-state index in [0.29, 0.717) is 0 Å². The molecule has 3 aromatic heterocycles. The smallest absolute Gasteiger partial charge is 0.283 e. The average Bonchev–Trinajstić information content (AvgIpc) is 2.54. The van der Waals surface area contributed by atoms with Crippen LogP contribution in [0.3, 0.4) is 0 Å². The summed E-state index contributed by atoms with van der Waals surface area (Å²) in [5, 5.41) is 0. The van der Waals surface area contributed by atoms with Crippen LogP contribution in [-0.4, -0.2) is 15.0 Å². The van der Waals surface area contributed by atoms with Crippen molar-refractivity contribution in [2.75, 3.05) is 0 Å². The lowest BCUT2D eigenvalue weighted by Gasteiger charge is -1.61. The number of nitrogens with one attached hydrogen (secondary N) is 3. The number of H-pyrrole nitrogens is 3. The van der Waals surface area contributed by atoms with Crippen LogP contribution >= 0.6 is 0 Å². The van der Waals surface area contributed by atoms with Crippen molar-refractivity contribution in [2.45, 2.75) is 0 Å². The number of aromatic nitrogens is 6. The number of halogens is 3. The van der Waals surface area contributed by atoms with Crippen LogP contribution in [0.2, 0.25) is 0 Å². The molecule has 3 heterocycles. The summed E-state index contributed by atoms with van der Waals surface area (Å²) in [5.41, 5.74) is 0. The molecule has 0 spiro atoms. The molecular formula is C12H15Br3N6. The Kier molecular flexibility index (Phi) is 24.7. The Balaban J connectivity index is -0.000000216. The molecule has 3 rings (SSSR count). The Morgan fingerprint density at radius 2 is 0.762 bits per heavy atom. The first-order chi connectivity index (χ1) is 9.00. The van der Waals surface area contributed by atoms with Crippen molar-refractivity contribution in [3.05, 3.63) is 74.4 Å². The Labute approximate surface area is 154 Å². The van der Waals surface area contributed by atoms with Gasteiger partial charge in [-0.3, -0.25) is 15.0 Å². The predicted octanol–water partition coefficient (Wildman–Crippen LogP) is -9.30. The molecule has 21 heavy (non-hydrogen) atoms. The summed E-state index contributed by atoms with van der Waals surface area (Å²) in [6.45, 7) is 0. The van der Waals surface area contributed by atoms with E-state index in [1.165, 1.54) is 0 Å². The monoisotopic (exact) mass is 480 g/mol. The normalized spacial score (nSPS) is 6.86. The van der Waals surface area contributed by atoms with Crippen LogP contribution in [-0.2, 0) is 0 Å². The molecule has 0 atom stereocenters. The van der Waals surface area contributed by atoms with Gasteiger partial charge in [-0.05, 0) is 0 Å². The van der Waals surface area contributed by atoms with Gasteiger partial charge in [-0.15, -0.1) is 0 Å². The largest absolute Gasteiger partial charge is 1.00 e. The van der Waals surface area contributed by atoms with E-state index < -0.39 is 0 Å². The van der Waals surface area contributed by atoms with Gasteiger partial charge in [0.2, 0.25) is 0 Å². The molecule has 0 aliphatic heterocycles. The molecule has 0 unspecified atom stereocenters. The van der Waals surface area contributed by atoms with Gasteiger partial charge in [-0.1, -0.05) is 15.0 Å². The molecule has 114 valence electrons. The fourth-order valence-electron chi connectivity index (χ4n) is 0.832. The SMILES string of the molecule is [Br-].[Br-].[Br-].c1cnc[nH+]c1.c1cnc[nH+]c1.c1cnc[nH+]c1. The second-order valence-corrected chi connectivity index (χ2v) is 2.86. The highest BCUT2D eigenvalue weighted by Crippen LogP contribution is 1.61. The van der Waals surface area contributed by atoms with Crippen molar-refractivity contribution >= 4 is 0 Å². The van der Waals surface area contributed by atoms with E-state index in [4.69, 9.17) is 0 Å². The first-order valence-electron chi connectivity index (χ1n) is 5.28. The lowest BCUT2D eigenvalue weighted by Crippen LogP contribution is -3.00. The Morgan fingerprint density at radius 3 is 0.810 bits per heavy atom. The number of aromatic amines is 3. The van der Waals surface area contributed by atoms with Crippen LogP contribution in [0.15, 0.2) is 74.4 Å². The molecule has 3 N–H and O–H groups in total. The molecule has 6 nitrogen and oxygen atoms in total. The average molecular weight is 483 g/mol. The van der Waals surface area contributed by atoms with Crippen LogP contribution in [0, 0.1) is 0 Å². The zero-order valence-corrected chi connectivity index (χ0v) is 15.7. The van der Waals surface area contributed by atoms with E-state index in [1.807, 2.05) is 36.8 Å². The van der Waals surface area contributed by atoms with Crippen molar-refractivity contribution in [3.63, 3.8) is 0 Å². The second kappa shape index (κ2) is 21.0. The van der Waals surface area contributed by atoms with Crippen molar-refractivity contribution in [3.8, 4) is 0 Å². The third-order valence-corrected chi connectivity index (χ3v) is 1.54. The van der Waals surface area contributed by atoms with Gasteiger partial charge in [0, 0.05) is 18.2 Å². The van der Waals surface area contributed by atoms with Gasteiger partial charge in [-0.2, -0.15) is 0 Å². The molecule has 0 aliphatic carbocycles. The van der Waals surface area contributed by atoms with Crippen molar-refractivity contribution < 1.29 is 65.9 Å². The summed E-state index contributed by atoms with van der Waals surface area (Å²) in [7, 11) is 0. The minimum absolute atomic E-state index is 0. The summed E-state index contributed by atoms with van der Waals surface area (Å²) in [6, 6.07) is 5.50. The number of nitrogens with zero attached hydrogens (tertiary/aromatic N) is 3. The molecule has 0 fully saturated rings. The molecule has 0 saturated heterocycles. The highest BCUT2D eigenvalue weighted by Gasteiger charge is 1.70. The minimum atomic E-state index is 0. The maximum Gasteiger partial charge on any atom is 0.283 e. The van der Waals surface area contributed by atoms with Crippen LogP contribution in [0.25, 0.3) is 0 Å². The van der Waals surface area contributed by atoms with Crippen molar-refractivity contribution in [1.29, 1.82) is 0 Å². The first-order valence-corrected chi connectivity index (χ1v) is 5.28. The van der Waals surface area contributed by atoms with E-state index in [1.54, 1.807) is 37.6 Å². The standard InChI is InChI=1S/3C4H4N2.3BrH/c3*1-2-5-4-6-3-1;;;/h3*1-4H;3*1H. The van der Waals surface area contributed by atoms with Crippen LogP contribution in [0.4, 0.5) is 0 Å². The second-order valence-electron chi connectivity index (χ2n) is 2.86. The van der Waals surface area contributed by atoms with Crippen LogP contribution < -0.4 is 65.9 Å². The maximum absolute atomic E-state index is 3.73. The fraction of sp³-hybridized carbons (Fsp3) is 0. The van der Waals surface area contributed by atoms with Gasteiger partial charge >= 0.3 is 0 Å². The lowest BCUT2D eigenvalue weighted by atomic mass is 10.7. The molecule has 0 bridgehead atoms. The summed E-state index contributed by atoms with van der Waals surface area (Å²) in [4.78, 5) is 19.5. The molecular weight excluding hydrogens is 468 g/mol. The van der Waals surface area contributed by atoms with Gasteiger partial charge in [0.15, 0.2) is 0 Å². The molecule has 3 aromatic rings. The quantitative estimate of drug-likeness (QED) is 0.319. The molecule has 0 radical (unpaired) electrons. The highest BCUT2D eigenvalue weighted by atomic mass is 79.9. The van der Waals surface area contributed by atoms with Gasteiger partial charge < -0.3 is 50.9 Å². The van der Waals surface area contributed by atoms with Crippen molar-refractivity contribution in [1.82, 2.24) is 15.0 Å². The zero-order valence-electron chi connectivity index (χ0n) is 10.9. The van der Waals surface area contributed by atoms with Gasteiger partial charge in [0.05, 0.1) is 18.6 Å². The highest BCUT2D eigenvalue weighted by molar-refractivity contribution is 4.68. The molecule has 0 aliphatic rings. The van der Waals surface area contributed by atoms with Gasteiger partial charge in [-0.25, -0.2) is 0 Å². The predicted molar refractivity (Wildman–Crippen MR) is 62.4 cm³/mol. The van der Waals surface area contributed by atoms with Crippen molar-refractivity contribution in [2.24, 2.45) is 0 Å². The molecule has 0 saturated carbocycles. The van der Waals surface area contributed by atoms with Crippen LogP contribution in [0.1, 0.15) is 0 Å².